The summed E-state index contributed by atoms with van der Waals surface area (Å²) < 4.78 is 10.3. The van der Waals surface area contributed by atoms with E-state index in [4.69, 9.17) is 15.2 Å². The second-order valence-electron chi connectivity index (χ2n) is 4.73. The van der Waals surface area contributed by atoms with Gasteiger partial charge in [0.1, 0.15) is 12.0 Å². The summed E-state index contributed by atoms with van der Waals surface area (Å²) in [4.78, 5) is 10.5. The first-order chi connectivity index (χ1) is 9.60. The molecule has 0 saturated heterocycles. The molecule has 0 atom stereocenters. The molecule has 0 aliphatic heterocycles. The lowest BCUT2D eigenvalue weighted by Gasteiger charge is -2.25. The Kier molecular flexibility index (Phi) is 7.03. The van der Waals surface area contributed by atoms with E-state index in [0.717, 1.165) is 0 Å². The Labute approximate surface area is 120 Å². The highest BCUT2D eigenvalue weighted by atomic mass is 16.5. The lowest BCUT2D eigenvalue weighted by atomic mass is 10.3. The average molecular weight is 283 g/mol. The SMILES string of the molecule is COCCN(CCOC)c1ncnc(NC(C)C)c1N. The van der Waals surface area contributed by atoms with Gasteiger partial charge in [0.15, 0.2) is 11.6 Å². The lowest BCUT2D eigenvalue weighted by Crippen LogP contribution is -2.32. The number of nitrogens with zero attached hydrogens (tertiary/aromatic N) is 3. The van der Waals surface area contributed by atoms with Gasteiger partial charge in [-0.2, -0.15) is 0 Å². The van der Waals surface area contributed by atoms with Crippen molar-refractivity contribution in [1.29, 1.82) is 0 Å². The number of rotatable bonds is 9. The maximum atomic E-state index is 6.17. The third-order valence-corrected chi connectivity index (χ3v) is 2.72. The zero-order valence-corrected chi connectivity index (χ0v) is 12.7. The summed E-state index contributed by atoms with van der Waals surface area (Å²) in [5.41, 5.74) is 6.71. The first-order valence-electron chi connectivity index (χ1n) is 6.70. The van der Waals surface area contributed by atoms with Crippen LogP contribution in [0.4, 0.5) is 17.3 Å². The van der Waals surface area contributed by atoms with Gasteiger partial charge in [0, 0.05) is 33.4 Å². The van der Waals surface area contributed by atoms with Crippen molar-refractivity contribution >= 4 is 17.3 Å². The van der Waals surface area contributed by atoms with Gasteiger partial charge in [-0.1, -0.05) is 0 Å². The van der Waals surface area contributed by atoms with Crippen molar-refractivity contribution in [2.24, 2.45) is 0 Å². The molecule has 0 bridgehead atoms. The van der Waals surface area contributed by atoms with Crippen molar-refractivity contribution in [3.8, 4) is 0 Å². The third-order valence-electron chi connectivity index (χ3n) is 2.72. The first-order valence-corrected chi connectivity index (χ1v) is 6.70. The summed E-state index contributed by atoms with van der Waals surface area (Å²) in [5.74, 6) is 1.36. The number of anilines is 3. The molecule has 7 nitrogen and oxygen atoms in total. The Balaban J connectivity index is 2.93. The predicted molar refractivity (Wildman–Crippen MR) is 81.2 cm³/mol. The predicted octanol–water partition coefficient (Wildman–Crippen LogP) is 0.978. The highest BCUT2D eigenvalue weighted by Gasteiger charge is 2.15. The molecule has 0 radical (unpaired) electrons. The van der Waals surface area contributed by atoms with Crippen LogP contribution in [0.2, 0.25) is 0 Å². The molecule has 1 rings (SSSR count). The lowest BCUT2D eigenvalue weighted by molar-refractivity contribution is 0.190. The molecule has 0 fully saturated rings. The molecule has 0 aliphatic rings. The van der Waals surface area contributed by atoms with Crippen LogP contribution in [0.25, 0.3) is 0 Å². The molecular weight excluding hydrogens is 258 g/mol. The Bertz CT molecular complexity index is 392. The van der Waals surface area contributed by atoms with Crippen LogP contribution in [-0.2, 0) is 9.47 Å². The second kappa shape index (κ2) is 8.55. The number of methoxy groups -OCH3 is 2. The van der Waals surface area contributed by atoms with Crippen LogP contribution < -0.4 is 16.0 Å². The van der Waals surface area contributed by atoms with E-state index in [9.17, 15) is 0 Å². The Morgan fingerprint density at radius 3 is 2.30 bits per heavy atom. The highest BCUT2D eigenvalue weighted by Crippen LogP contribution is 2.26. The molecule has 0 aromatic carbocycles. The first kappa shape index (κ1) is 16.5. The Morgan fingerprint density at radius 1 is 1.20 bits per heavy atom. The van der Waals surface area contributed by atoms with Gasteiger partial charge < -0.3 is 25.4 Å². The van der Waals surface area contributed by atoms with Crippen molar-refractivity contribution in [1.82, 2.24) is 9.97 Å². The molecule has 7 heteroatoms. The van der Waals surface area contributed by atoms with Gasteiger partial charge in [-0.05, 0) is 13.8 Å². The van der Waals surface area contributed by atoms with Crippen LogP contribution in [0.15, 0.2) is 6.33 Å². The van der Waals surface area contributed by atoms with Gasteiger partial charge >= 0.3 is 0 Å². The van der Waals surface area contributed by atoms with E-state index in [1.807, 2.05) is 18.7 Å². The summed E-state index contributed by atoms with van der Waals surface area (Å²) in [6, 6.07) is 0.256. The molecule has 0 amide bonds. The molecule has 1 aromatic heterocycles. The van der Waals surface area contributed by atoms with Gasteiger partial charge in [0.05, 0.1) is 13.2 Å². The number of nitrogens with two attached hydrogens (primary N) is 1. The average Bonchev–Trinajstić information content (AvgIpc) is 2.41. The Morgan fingerprint density at radius 2 is 1.80 bits per heavy atom. The standard InChI is InChI=1S/C13H25N5O2/c1-10(2)17-12-11(14)13(16-9-15-12)18(5-7-19-3)6-8-20-4/h9-10H,5-8,14H2,1-4H3,(H,15,16,17). The molecule has 20 heavy (non-hydrogen) atoms. The number of hydrogen-bond acceptors (Lipinski definition) is 7. The Hall–Kier alpha value is -1.60. The summed E-state index contributed by atoms with van der Waals surface area (Å²) in [6.07, 6.45) is 1.52. The normalized spacial score (nSPS) is 10.8. The zero-order valence-electron chi connectivity index (χ0n) is 12.7. The largest absolute Gasteiger partial charge is 0.393 e. The fourth-order valence-electron chi connectivity index (χ4n) is 1.75. The van der Waals surface area contributed by atoms with E-state index in [-0.39, 0.29) is 6.04 Å². The van der Waals surface area contributed by atoms with E-state index >= 15 is 0 Å². The fourth-order valence-corrected chi connectivity index (χ4v) is 1.75. The monoisotopic (exact) mass is 283 g/mol. The number of ether oxygens (including phenoxy) is 2. The second-order valence-corrected chi connectivity index (χ2v) is 4.73. The fraction of sp³-hybridized carbons (Fsp3) is 0.692. The summed E-state index contributed by atoms with van der Waals surface area (Å²) in [5, 5.41) is 3.22. The molecule has 0 aliphatic carbocycles. The van der Waals surface area contributed by atoms with E-state index < -0.39 is 0 Å². The molecule has 0 spiro atoms. The number of hydrogen-bond donors (Lipinski definition) is 2. The highest BCUT2D eigenvalue weighted by molar-refractivity contribution is 5.75. The minimum atomic E-state index is 0.256. The van der Waals surface area contributed by atoms with Crippen LogP contribution in [0.3, 0.4) is 0 Å². The number of aromatic nitrogens is 2. The maximum Gasteiger partial charge on any atom is 0.157 e. The number of nitrogens with one attached hydrogen (secondary N) is 1. The van der Waals surface area contributed by atoms with Gasteiger partial charge in [-0.3, -0.25) is 0 Å². The molecule has 1 heterocycles. The van der Waals surface area contributed by atoms with Crippen molar-refractivity contribution < 1.29 is 9.47 Å². The van der Waals surface area contributed by atoms with E-state index in [1.54, 1.807) is 14.2 Å². The van der Waals surface area contributed by atoms with Crippen molar-refractivity contribution in [2.75, 3.05) is 56.5 Å². The summed E-state index contributed by atoms with van der Waals surface area (Å²) in [6.45, 7) is 6.66. The molecule has 114 valence electrons. The third kappa shape index (κ3) is 4.82. The summed E-state index contributed by atoms with van der Waals surface area (Å²) in [7, 11) is 3.34. The molecule has 3 N–H and O–H groups in total. The van der Waals surface area contributed by atoms with Gasteiger partial charge in [-0.15, -0.1) is 0 Å². The van der Waals surface area contributed by atoms with Gasteiger partial charge in [0.25, 0.3) is 0 Å². The topological polar surface area (TPSA) is 85.5 Å². The van der Waals surface area contributed by atoms with Crippen LogP contribution in [-0.4, -0.2) is 56.5 Å². The van der Waals surface area contributed by atoms with Gasteiger partial charge in [-0.25, -0.2) is 9.97 Å². The van der Waals surface area contributed by atoms with Crippen molar-refractivity contribution in [2.45, 2.75) is 19.9 Å². The summed E-state index contributed by atoms with van der Waals surface area (Å²) >= 11 is 0. The zero-order chi connectivity index (χ0) is 15.0. The van der Waals surface area contributed by atoms with Gasteiger partial charge in [0.2, 0.25) is 0 Å². The van der Waals surface area contributed by atoms with E-state index in [2.05, 4.69) is 15.3 Å². The molecular formula is C13H25N5O2. The minimum Gasteiger partial charge on any atom is -0.393 e. The van der Waals surface area contributed by atoms with E-state index in [0.29, 0.717) is 43.6 Å². The smallest absolute Gasteiger partial charge is 0.157 e. The van der Waals surface area contributed by atoms with Crippen molar-refractivity contribution in [3.05, 3.63) is 6.33 Å². The van der Waals surface area contributed by atoms with Crippen LogP contribution in [0.1, 0.15) is 13.8 Å². The molecule has 1 aromatic rings. The number of nitrogen functional groups attached to an aromatic ring is 1. The minimum absolute atomic E-state index is 0.256. The van der Waals surface area contributed by atoms with Crippen LogP contribution in [0.5, 0.6) is 0 Å². The molecule has 0 saturated carbocycles. The van der Waals surface area contributed by atoms with Crippen LogP contribution >= 0.6 is 0 Å². The van der Waals surface area contributed by atoms with E-state index in [1.165, 1.54) is 6.33 Å². The van der Waals surface area contributed by atoms with Crippen molar-refractivity contribution in [3.63, 3.8) is 0 Å². The maximum absolute atomic E-state index is 6.17. The van der Waals surface area contributed by atoms with Crippen LogP contribution in [0, 0.1) is 0 Å². The quantitative estimate of drug-likeness (QED) is 0.698. The molecule has 0 unspecified atom stereocenters.